The minimum atomic E-state index is -0.331. The van der Waals surface area contributed by atoms with E-state index in [2.05, 4.69) is 75.8 Å². The van der Waals surface area contributed by atoms with Gasteiger partial charge in [-0.2, -0.15) is 0 Å². The predicted molar refractivity (Wildman–Crippen MR) is 193 cm³/mol. The van der Waals surface area contributed by atoms with Gasteiger partial charge in [-0.1, -0.05) is 120 Å². The zero-order valence-corrected chi connectivity index (χ0v) is 31.5. The van der Waals surface area contributed by atoms with Crippen LogP contribution in [0.2, 0.25) is 0 Å². The molecule has 1 fully saturated rings. The summed E-state index contributed by atoms with van der Waals surface area (Å²) in [4.78, 5) is 26.8. The maximum Gasteiger partial charge on any atom is 0.137 e. The van der Waals surface area contributed by atoms with E-state index in [1.165, 1.54) is 61.6 Å². The first kappa shape index (κ1) is 49.8. The number of carbonyl (C=O) groups is 2. The second-order valence-electron chi connectivity index (χ2n) is 10.2. The van der Waals surface area contributed by atoms with Gasteiger partial charge in [0.05, 0.1) is 22.1 Å². The Labute approximate surface area is 267 Å². The van der Waals surface area contributed by atoms with E-state index in [1.54, 1.807) is 11.3 Å². The van der Waals surface area contributed by atoms with Gasteiger partial charge in [0.15, 0.2) is 0 Å². The first-order valence-corrected chi connectivity index (χ1v) is 17.1. The molecule has 2 heterocycles. The number of nitrogens with zero attached hydrogens (tertiary/aromatic N) is 2. The van der Waals surface area contributed by atoms with E-state index < -0.39 is 0 Å². The van der Waals surface area contributed by atoms with Crippen molar-refractivity contribution >= 4 is 23.9 Å². The molecule has 2 aromatic rings. The minimum Gasteiger partial charge on any atom is -0.321 e. The summed E-state index contributed by atoms with van der Waals surface area (Å²) in [5, 5.41) is 0. The molecule has 2 atom stereocenters. The summed E-state index contributed by atoms with van der Waals surface area (Å²) in [6, 6.07) is 9.36. The van der Waals surface area contributed by atoms with Crippen LogP contribution in [0.25, 0.3) is 10.4 Å². The fraction of sp³-hybridized carbons (Fsp3) is 0.694. The highest BCUT2D eigenvalue weighted by Gasteiger charge is 2.18. The molecule has 1 aromatic heterocycles. The molecule has 42 heavy (non-hydrogen) atoms. The molecule has 0 amide bonds. The Kier molecular flexibility index (Phi) is 41.8. The third-order valence-electron chi connectivity index (χ3n) is 5.53. The number of hydrogen-bond donors (Lipinski definition) is 1. The summed E-state index contributed by atoms with van der Waals surface area (Å²) < 4.78 is 0. The molecule has 1 aliphatic rings. The fourth-order valence-electron chi connectivity index (χ4n) is 2.97. The van der Waals surface area contributed by atoms with E-state index >= 15 is 0 Å². The quantitative estimate of drug-likeness (QED) is 0.349. The van der Waals surface area contributed by atoms with Crippen LogP contribution in [0.4, 0.5) is 0 Å². The Balaban J connectivity index is -0.000000145. The largest absolute Gasteiger partial charge is 0.321 e. The average molecular weight is 610 g/mol. The van der Waals surface area contributed by atoms with E-state index in [-0.39, 0.29) is 11.5 Å². The van der Waals surface area contributed by atoms with Gasteiger partial charge in [-0.25, -0.2) is 4.98 Å². The Morgan fingerprint density at radius 1 is 1.02 bits per heavy atom. The fourth-order valence-corrected chi connectivity index (χ4v) is 3.78. The van der Waals surface area contributed by atoms with Crippen LogP contribution >= 0.6 is 11.3 Å². The van der Waals surface area contributed by atoms with E-state index in [4.69, 9.17) is 10.5 Å². The van der Waals surface area contributed by atoms with Gasteiger partial charge in [-0.05, 0) is 70.2 Å². The van der Waals surface area contributed by atoms with Crippen molar-refractivity contribution < 1.29 is 9.59 Å². The van der Waals surface area contributed by atoms with Crippen LogP contribution in [-0.4, -0.2) is 48.1 Å². The molecule has 0 aliphatic carbocycles. The average Bonchev–Trinajstić information content (AvgIpc) is 3.59. The molecule has 5 nitrogen and oxygen atoms in total. The summed E-state index contributed by atoms with van der Waals surface area (Å²) in [7, 11) is 2.19. The molecule has 1 aromatic carbocycles. The Morgan fingerprint density at radius 2 is 1.48 bits per heavy atom. The van der Waals surface area contributed by atoms with Crippen molar-refractivity contribution in [3.63, 3.8) is 0 Å². The summed E-state index contributed by atoms with van der Waals surface area (Å²) in [6.07, 6.45) is 7.95. The number of benzene rings is 1. The van der Waals surface area contributed by atoms with E-state index in [9.17, 15) is 4.79 Å². The lowest BCUT2D eigenvalue weighted by atomic mass is 9.89. The number of aromatic nitrogens is 1. The van der Waals surface area contributed by atoms with Crippen LogP contribution in [-0.2, 0) is 16.0 Å². The molecular formula is C36H71N3O2S. The van der Waals surface area contributed by atoms with Crippen molar-refractivity contribution in [2.45, 2.75) is 148 Å². The van der Waals surface area contributed by atoms with Gasteiger partial charge < -0.3 is 20.2 Å². The first-order valence-electron chi connectivity index (χ1n) is 16.2. The second kappa shape index (κ2) is 35.3. The molecule has 1 aliphatic heterocycles. The summed E-state index contributed by atoms with van der Waals surface area (Å²) in [5.74, 6) is 0. The molecule has 0 bridgehead atoms. The summed E-state index contributed by atoms with van der Waals surface area (Å²) in [5.41, 5.74) is 11.0. The van der Waals surface area contributed by atoms with Crippen LogP contribution < -0.4 is 5.73 Å². The maximum atomic E-state index is 10.0. The lowest BCUT2D eigenvalue weighted by Gasteiger charge is -2.20. The number of hydrogen-bond acceptors (Lipinski definition) is 6. The minimum absolute atomic E-state index is 0.0816. The molecule has 0 spiro atoms. The zero-order valence-electron chi connectivity index (χ0n) is 30.6. The monoisotopic (exact) mass is 610 g/mol. The van der Waals surface area contributed by atoms with Crippen molar-refractivity contribution in [2.24, 2.45) is 11.1 Å². The lowest BCUT2D eigenvalue weighted by Crippen LogP contribution is -2.36. The lowest BCUT2D eigenvalue weighted by molar-refractivity contribution is -0.110. The van der Waals surface area contributed by atoms with Gasteiger partial charge >= 0.3 is 0 Å². The first-order chi connectivity index (χ1) is 19.9. The third-order valence-corrected chi connectivity index (χ3v) is 6.51. The van der Waals surface area contributed by atoms with Crippen molar-refractivity contribution in [1.29, 1.82) is 0 Å². The number of carbonyl (C=O) groups excluding carboxylic acids is 2. The number of nitrogens with two attached hydrogens (primary N) is 1. The summed E-state index contributed by atoms with van der Waals surface area (Å²) in [6.45, 7) is 31.4. The Bertz CT molecular complexity index is 791. The van der Waals surface area contributed by atoms with Gasteiger partial charge in [0.25, 0.3) is 0 Å². The highest BCUT2D eigenvalue weighted by molar-refractivity contribution is 7.13. The standard InChI is InChI=1S/C13H15NS.C6H13NO.C6H13N.C3H8.C2H4O.3C2H6/c1-3-4-11-5-7-12(8-6-11)13-10(2)14-9-15-13;1-6(2,3)5(7)4-8;1-6-4-3-5-7(6)2;1-3-2;1-2-3;3*1-2/h5-9H,3-4H2,1-2H3;4-5H,7H2,1-3H3;6H,3-5H2,1-2H3;3H2,1-2H3;2H,1H3;3*1-2H3. The smallest absolute Gasteiger partial charge is 0.137 e. The van der Waals surface area contributed by atoms with Gasteiger partial charge in [0.1, 0.15) is 12.6 Å². The molecule has 2 unspecified atom stereocenters. The normalized spacial score (nSPS) is 13.6. The van der Waals surface area contributed by atoms with E-state index in [0.717, 1.165) is 24.3 Å². The Morgan fingerprint density at radius 3 is 1.69 bits per heavy atom. The third kappa shape index (κ3) is 28.2. The molecule has 248 valence electrons. The van der Waals surface area contributed by atoms with Gasteiger partial charge in [-0.15, -0.1) is 11.3 Å². The molecule has 6 heteroatoms. The van der Waals surface area contributed by atoms with Crippen molar-refractivity contribution in [1.82, 2.24) is 9.88 Å². The maximum absolute atomic E-state index is 10.0. The van der Waals surface area contributed by atoms with Crippen molar-refractivity contribution in [2.75, 3.05) is 13.6 Å². The number of aryl methyl sites for hydroxylation is 2. The van der Waals surface area contributed by atoms with Crippen LogP contribution in [0.3, 0.4) is 0 Å². The molecule has 0 saturated carbocycles. The van der Waals surface area contributed by atoms with Gasteiger partial charge in [0.2, 0.25) is 0 Å². The molecular weight excluding hydrogens is 538 g/mol. The van der Waals surface area contributed by atoms with Gasteiger partial charge in [0, 0.05) is 6.04 Å². The number of rotatable bonds is 4. The van der Waals surface area contributed by atoms with E-state index in [0.29, 0.717) is 0 Å². The van der Waals surface area contributed by atoms with Crippen LogP contribution in [0.15, 0.2) is 29.8 Å². The van der Waals surface area contributed by atoms with Crippen LogP contribution in [0, 0.1) is 12.3 Å². The summed E-state index contributed by atoms with van der Waals surface area (Å²) >= 11 is 1.71. The SMILES string of the molecule is CC.CC.CC.CC(C)(C)C(N)C=O.CC1CCCN1C.CC=O.CCC.CCCc1ccc(-c2scnc2C)cc1. The second-order valence-corrected chi connectivity index (χ2v) is 11.0. The van der Waals surface area contributed by atoms with Gasteiger partial charge in [-0.3, -0.25) is 0 Å². The number of likely N-dealkylation sites (tertiary alicyclic amines) is 1. The Hall–Kier alpha value is -1.89. The molecule has 3 rings (SSSR count). The molecule has 2 N–H and O–H groups in total. The highest BCUT2D eigenvalue weighted by atomic mass is 32.1. The van der Waals surface area contributed by atoms with E-state index in [1.807, 2.05) is 67.8 Å². The predicted octanol–water partition coefficient (Wildman–Crippen LogP) is 10.4. The number of aldehydes is 2. The van der Waals surface area contributed by atoms with Crippen LogP contribution in [0.5, 0.6) is 0 Å². The molecule has 1 saturated heterocycles. The zero-order chi connectivity index (χ0) is 34.1. The molecule has 0 radical (unpaired) electrons. The topological polar surface area (TPSA) is 76.3 Å². The van der Waals surface area contributed by atoms with Crippen LogP contribution in [0.1, 0.15) is 134 Å². The highest BCUT2D eigenvalue weighted by Crippen LogP contribution is 2.27. The number of thiazole rings is 1. The van der Waals surface area contributed by atoms with Crippen molar-refractivity contribution in [3.05, 3.63) is 41.0 Å². The van der Waals surface area contributed by atoms with Crippen molar-refractivity contribution in [3.8, 4) is 10.4 Å².